The van der Waals surface area contributed by atoms with Crippen molar-refractivity contribution in [2.45, 2.75) is 40.0 Å². The zero-order valence-electron chi connectivity index (χ0n) is 12.4. The summed E-state index contributed by atoms with van der Waals surface area (Å²) in [6.07, 6.45) is 1.82. The van der Waals surface area contributed by atoms with E-state index in [2.05, 4.69) is 31.8 Å². The van der Waals surface area contributed by atoms with Crippen molar-refractivity contribution in [3.8, 4) is 17.0 Å². The monoisotopic (exact) mass is 257 g/mol. The molecular formula is C17H23NO. The van der Waals surface area contributed by atoms with E-state index in [0.29, 0.717) is 0 Å². The smallest absolute Gasteiger partial charge is 0.116 e. The van der Waals surface area contributed by atoms with Gasteiger partial charge < -0.3 is 5.11 Å². The van der Waals surface area contributed by atoms with Crippen LogP contribution in [0, 0.1) is 0 Å². The van der Waals surface area contributed by atoms with Gasteiger partial charge in [0, 0.05) is 11.8 Å². The van der Waals surface area contributed by atoms with Gasteiger partial charge in [0.15, 0.2) is 0 Å². The Morgan fingerprint density at radius 3 is 2.26 bits per heavy atom. The van der Waals surface area contributed by atoms with Crippen LogP contribution in [0.3, 0.4) is 0 Å². The topological polar surface area (TPSA) is 33.1 Å². The number of phenolic OH excluding ortho intramolecular Hbond substituents is 1. The lowest BCUT2D eigenvalue weighted by atomic mass is 9.87. The van der Waals surface area contributed by atoms with E-state index in [1.54, 1.807) is 12.1 Å². The molecule has 0 fully saturated rings. The highest BCUT2D eigenvalue weighted by molar-refractivity contribution is 5.61. The number of nitrogens with zero attached hydrogens (tertiary/aromatic N) is 1. The van der Waals surface area contributed by atoms with Crippen LogP contribution in [-0.4, -0.2) is 10.1 Å². The molecule has 0 unspecified atom stereocenters. The first-order chi connectivity index (χ1) is 8.97. The van der Waals surface area contributed by atoms with Crippen molar-refractivity contribution < 1.29 is 5.11 Å². The summed E-state index contributed by atoms with van der Waals surface area (Å²) in [6, 6.07) is 11.3. The number of hydrogen-bond acceptors (Lipinski definition) is 2. The SMILES string of the molecule is CC.CC(C)(C)c1ccnc(-c2cccc(O)c2)c1. The molecular weight excluding hydrogens is 234 g/mol. The van der Waals surface area contributed by atoms with Gasteiger partial charge in [-0.1, -0.05) is 46.8 Å². The van der Waals surface area contributed by atoms with E-state index in [-0.39, 0.29) is 11.2 Å². The molecule has 0 radical (unpaired) electrons. The summed E-state index contributed by atoms with van der Waals surface area (Å²) in [6.45, 7) is 10.5. The summed E-state index contributed by atoms with van der Waals surface area (Å²) in [5, 5.41) is 9.48. The van der Waals surface area contributed by atoms with Gasteiger partial charge in [0.2, 0.25) is 0 Å². The van der Waals surface area contributed by atoms with Crippen molar-refractivity contribution in [3.63, 3.8) is 0 Å². The molecule has 2 heteroatoms. The molecule has 102 valence electrons. The Balaban J connectivity index is 0.000000861. The Kier molecular flexibility index (Phi) is 5.11. The molecule has 19 heavy (non-hydrogen) atoms. The molecule has 0 amide bonds. The predicted octanol–water partition coefficient (Wildman–Crippen LogP) is 4.78. The Hall–Kier alpha value is -1.83. The van der Waals surface area contributed by atoms with Gasteiger partial charge >= 0.3 is 0 Å². The van der Waals surface area contributed by atoms with Crippen LogP contribution in [0.25, 0.3) is 11.3 Å². The highest BCUT2D eigenvalue weighted by Crippen LogP contribution is 2.27. The highest BCUT2D eigenvalue weighted by atomic mass is 16.3. The summed E-state index contributed by atoms with van der Waals surface area (Å²) < 4.78 is 0. The van der Waals surface area contributed by atoms with Crippen LogP contribution in [0.2, 0.25) is 0 Å². The van der Waals surface area contributed by atoms with Crippen LogP contribution in [-0.2, 0) is 5.41 Å². The Morgan fingerprint density at radius 2 is 1.68 bits per heavy atom. The Bertz CT molecular complexity index is 527. The van der Waals surface area contributed by atoms with Gasteiger partial charge in [-0.2, -0.15) is 0 Å². The predicted molar refractivity (Wildman–Crippen MR) is 81.4 cm³/mol. The molecule has 2 nitrogen and oxygen atoms in total. The van der Waals surface area contributed by atoms with Crippen LogP contribution in [0.4, 0.5) is 0 Å². The maximum absolute atomic E-state index is 9.48. The van der Waals surface area contributed by atoms with Gasteiger partial charge in [-0.15, -0.1) is 0 Å². The summed E-state index contributed by atoms with van der Waals surface area (Å²) in [4.78, 5) is 4.35. The molecule has 0 aliphatic heterocycles. The number of aromatic hydroxyl groups is 1. The van der Waals surface area contributed by atoms with Crippen molar-refractivity contribution in [1.29, 1.82) is 0 Å². The third-order valence-electron chi connectivity index (χ3n) is 2.77. The van der Waals surface area contributed by atoms with Gasteiger partial charge in [0.1, 0.15) is 5.75 Å². The van der Waals surface area contributed by atoms with E-state index in [0.717, 1.165) is 11.3 Å². The number of phenols is 1. The molecule has 0 spiro atoms. The van der Waals surface area contributed by atoms with E-state index in [4.69, 9.17) is 0 Å². The average Bonchev–Trinajstić information content (AvgIpc) is 2.40. The second kappa shape index (κ2) is 6.37. The van der Waals surface area contributed by atoms with Crippen LogP contribution < -0.4 is 0 Å². The number of rotatable bonds is 1. The minimum absolute atomic E-state index is 0.106. The van der Waals surface area contributed by atoms with Crippen molar-refractivity contribution in [3.05, 3.63) is 48.2 Å². The third-order valence-corrected chi connectivity index (χ3v) is 2.77. The van der Waals surface area contributed by atoms with Crippen LogP contribution >= 0.6 is 0 Å². The maximum atomic E-state index is 9.48. The molecule has 0 aliphatic carbocycles. The summed E-state index contributed by atoms with van der Waals surface area (Å²) in [5.41, 5.74) is 3.18. The quantitative estimate of drug-likeness (QED) is 0.797. The van der Waals surface area contributed by atoms with Crippen LogP contribution in [0.5, 0.6) is 5.75 Å². The second-order valence-corrected chi connectivity index (χ2v) is 5.23. The van der Waals surface area contributed by atoms with Crippen molar-refractivity contribution in [2.24, 2.45) is 0 Å². The van der Waals surface area contributed by atoms with Gasteiger partial charge in [-0.25, -0.2) is 0 Å². The molecule has 0 aliphatic rings. The second-order valence-electron chi connectivity index (χ2n) is 5.23. The zero-order chi connectivity index (χ0) is 14.5. The van der Waals surface area contributed by atoms with E-state index >= 15 is 0 Å². The summed E-state index contributed by atoms with van der Waals surface area (Å²) in [5.74, 6) is 0.269. The lowest BCUT2D eigenvalue weighted by Crippen LogP contribution is -2.11. The lowest BCUT2D eigenvalue weighted by molar-refractivity contribution is 0.475. The number of pyridine rings is 1. The molecule has 2 aromatic rings. The minimum Gasteiger partial charge on any atom is -0.508 e. The number of hydrogen-bond donors (Lipinski definition) is 1. The lowest BCUT2D eigenvalue weighted by Gasteiger charge is -2.19. The first-order valence-electron chi connectivity index (χ1n) is 6.73. The molecule has 2 rings (SSSR count). The van der Waals surface area contributed by atoms with Gasteiger partial charge in [-0.05, 0) is 35.2 Å². The van der Waals surface area contributed by atoms with Crippen molar-refractivity contribution in [1.82, 2.24) is 4.98 Å². The largest absolute Gasteiger partial charge is 0.508 e. The standard InChI is InChI=1S/C15H17NO.C2H6/c1-15(2,3)12-7-8-16-14(10-12)11-5-4-6-13(17)9-11;1-2/h4-10,17H,1-3H3;1-2H3. The highest BCUT2D eigenvalue weighted by Gasteiger charge is 2.14. The van der Waals surface area contributed by atoms with Crippen LogP contribution in [0.15, 0.2) is 42.6 Å². The average molecular weight is 257 g/mol. The summed E-state index contributed by atoms with van der Waals surface area (Å²) in [7, 11) is 0. The van der Waals surface area contributed by atoms with Crippen molar-refractivity contribution >= 4 is 0 Å². The Labute approximate surface area is 116 Å². The number of aromatic nitrogens is 1. The molecule has 1 aromatic carbocycles. The fourth-order valence-electron chi connectivity index (χ4n) is 1.72. The van der Waals surface area contributed by atoms with E-state index in [1.807, 2.05) is 38.2 Å². The number of benzene rings is 1. The molecule has 1 aromatic heterocycles. The molecule has 0 bridgehead atoms. The first-order valence-corrected chi connectivity index (χ1v) is 6.73. The molecule has 1 heterocycles. The molecule has 0 saturated heterocycles. The van der Waals surface area contributed by atoms with Gasteiger partial charge in [0.05, 0.1) is 5.69 Å². The normalized spacial score (nSPS) is 10.6. The van der Waals surface area contributed by atoms with Crippen molar-refractivity contribution in [2.75, 3.05) is 0 Å². The van der Waals surface area contributed by atoms with E-state index < -0.39 is 0 Å². The molecule has 0 atom stereocenters. The minimum atomic E-state index is 0.106. The van der Waals surface area contributed by atoms with Crippen LogP contribution in [0.1, 0.15) is 40.2 Å². The van der Waals surface area contributed by atoms with Gasteiger partial charge in [-0.3, -0.25) is 4.98 Å². The fraction of sp³-hybridized carbons (Fsp3) is 0.353. The zero-order valence-corrected chi connectivity index (χ0v) is 12.4. The third kappa shape index (κ3) is 4.09. The first kappa shape index (κ1) is 15.2. The maximum Gasteiger partial charge on any atom is 0.116 e. The Morgan fingerprint density at radius 1 is 1.00 bits per heavy atom. The molecule has 0 saturated carbocycles. The molecule has 1 N–H and O–H groups in total. The van der Waals surface area contributed by atoms with Gasteiger partial charge in [0.25, 0.3) is 0 Å². The summed E-state index contributed by atoms with van der Waals surface area (Å²) >= 11 is 0. The fourth-order valence-corrected chi connectivity index (χ4v) is 1.72. The van der Waals surface area contributed by atoms with E-state index in [1.165, 1.54) is 5.56 Å². The van der Waals surface area contributed by atoms with E-state index in [9.17, 15) is 5.11 Å².